The first kappa shape index (κ1) is 9.88. The van der Waals surface area contributed by atoms with Gasteiger partial charge in [0.2, 0.25) is 0 Å². The van der Waals surface area contributed by atoms with Crippen LogP contribution in [0.15, 0.2) is 46.9 Å². The average molecular weight is 189 g/mol. The Morgan fingerprint density at radius 3 is 2.77 bits per heavy atom. The molecule has 0 aliphatic heterocycles. The monoisotopic (exact) mass is 189 g/mol. The molecule has 0 saturated carbocycles. The maximum absolute atomic E-state index is 8.40. The molecule has 0 N–H and O–H groups in total. The quantitative estimate of drug-likeness (QED) is 0.538. The molecular weight excluding hydrogens is 178 g/mol. The van der Waals surface area contributed by atoms with Crippen LogP contribution in [0.1, 0.15) is 6.92 Å². The van der Waals surface area contributed by atoms with Crippen molar-refractivity contribution < 1.29 is 0 Å². The molecule has 1 aromatic rings. The van der Waals surface area contributed by atoms with Crippen LogP contribution < -0.4 is 0 Å². The minimum atomic E-state index is 0.886. The molecule has 0 amide bonds. The predicted octanol–water partition coefficient (Wildman–Crippen LogP) is 3.25. The van der Waals surface area contributed by atoms with Crippen LogP contribution in [0.5, 0.6) is 0 Å². The second-order valence-electron chi connectivity index (χ2n) is 2.72. The van der Waals surface area contributed by atoms with Crippen LogP contribution in [0.2, 0.25) is 0 Å². The van der Waals surface area contributed by atoms with Crippen molar-refractivity contribution in [2.24, 2.45) is 0 Å². The van der Waals surface area contributed by atoms with Crippen molar-refractivity contribution in [3.8, 4) is 6.07 Å². The molecule has 1 rings (SSSR count). The summed E-state index contributed by atoms with van der Waals surface area (Å²) < 4.78 is 0. The number of nitriles is 1. The van der Waals surface area contributed by atoms with E-state index in [1.54, 1.807) is 17.8 Å². The van der Waals surface area contributed by atoms with Gasteiger partial charge in [-0.05, 0) is 19.1 Å². The minimum Gasteiger partial charge on any atom is -0.193 e. The van der Waals surface area contributed by atoms with E-state index in [9.17, 15) is 0 Å². The summed E-state index contributed by atoms with van der Waals surface area (Å²) in [4.78, 5) is 1.24. The Kier molecular flexibility index (Phi) is 4.14. The standard InChI is InChI=1S/C11H11NS/c1-10(7-8-12)9-13-11-5-3-2-4-6-11/h2-7H,9H2,1H3/b10-7+. The number of hydrogen-bond acceptors (Lipinski definition) is 2. The lowest BCUT2D eigenvalue weighted by Gasteiger charge is -1.99. The van der Waals surface area contributed by atoms with Gasteiger partial charge in [0.1, 0.15) is 0 Å². The molecule has 1 aromatic carbocycles. The highest BCUT2D eigenvalue weighted by Gasteiger charge is 1.92. The first-order chi connectivity index (χ1) is 6.33. The summed E-state index contributed by atoms with van der Waals surface area (Å²) >= 11 is 1.75. The van der Waals surface area contributed by atoms with Gasteiger partial charge in [-0.2, -0.15) is 5.26 Å². The largest absolute Gasteiger partial charge is 0.193 e. The summed E-state index contributed by atoms with van der Waals surface area (Å²) in [6.07, 6.45) is 1.59. The van der Waals surface area contributed by atoms with Crippen LogP contribution in [-0.2, 0) is 0 Å². The molecule has 0 bridgehead atoms. The minimum absolute atomic E-state index is 0.886. The Bertz CT molecular complexity index is 322. The Labute approximate surface area is 83.1 Å². The molecule has 0 aliphatic carbocycles. The average Bonchev–Trinajstić information content (AvgIpc) is 2.17. The molecule has 2 heteroatoms. The first-order valence-electron chi connectivity index (χ1n) is 4.06. The van der Waals surface area contributed by atoms with Crippen LogP contribution in [-0.4, -0.2) is 5.75 Å². The van der Waals surface area contributed by atoms with Gasteiger partial charge in [0.15, 0.2) is 0 Å². The van der Waals surface area contributed by atoms with Gasteiger partial charge in [-0.25, -0.2) is 0 Å². The zero-order chi connectivity index (χ0) is 9.52. The van der Waals surface area contributed by atoms with Crippen LogP contribution in [0.3, 0.4) is 0 Å². The van der Waals surface area contributed by atoms with E-state index < -0.39 is 0 Å². The van der Waals surface area contributed by atoms with Crippen molar-refractivity contribution in [1.82, 2.24) is 0 Å². The van der Waals surface area contributed by atoms with Gasteiger partial charge in [0, 0.05) is 16.7 Å². The van der Waals surface area contributed by atoms with E-state index in [0.29, 0.717) is 0 Å². The predicted molar refractivity (Wildman–Crippen MR) is 56.5 cm³/mol. The van der Waals surface area contributed by atoms with Gasteiger partial charge in [-0.3, -0.25) is 0 Å². The van der Waals surface area contributed by atoms with Crippen molar-refractivity contribution in [3.05, 3.63) is 42.0 Å². The first-order valence-corrected chi connectivity index (χ1v) is 5.04. The van der Waals surface area contributed by atoms with Crippen molar-refractivity contribution in [1.29, 1.82) is 5.26 Å². The highest BCUT2D eigenvalue weighted by molar-refractivity contribution is 7.99. The van der Waals surface area contributed by atoms with E-state index in [-0.39, 0.29) is 0 Å². The van der Waals surface area contributed by atoms with Crippen LogP contribution >= 0.6 is 11.8 Å². The molecule has 0 spiro atoms. The lowest BCUT2D eigenvalue weighted by Crippen LogP contribution is -1.80. The summed E-state index contributed by atoms with van der Waals surface area (Å²) in [7, 11) is 0. The second-order valence-corrected chi connectivity index (χ2v) is 3.77. The van der Waals surface area contributed by atoms with E-state index >= 15 is 0 Å². The fourth-order valence-electron chi connectivity index (χ4n) is 0.866. The van der Waals surface area contributed by atoms with Gasteiger partial charge in [-0.1, -0.05) is 23.8 Å². The summed E-state index contributed by atoms with van der Waals surface area (Å²) in [5.41, 5.74) is 1.11. The van der Waals surface area contributed by atoms with Gasteiger partial charge in [0.25, 0.3) is 0 Å². The van der Waals surface area contributed by atoms with Crippen LogP contribution in [0.25, 0.3) is 0 Å². The number of rotatable bonds is 3. The molecule has 0 atom stereocenters. The SMILES string of the molecule is C/C(=C\C#N)CSc1ccccc1. The highest BCUT2D eigenvalue weighted by Crippen LogP contribution is 2.19. The van der Waals surface area contributed by atoms with Gasteiger partial charge in [-0.15, -0.1) is 11.8 Å². The number of nitrogens with zero attached hydrogens (tertiary/aromatic N) is 1. The fraction of sp³-hybridized carbons (Fsp3) is 0.182. The lowest BCUT2D eigenvalue weighted by atomic mass is 10.3. The Hall–Kier alpha value is -1.20. The van der Waals surface area contributed by atoms with E-state index in [4.69, 9.17) is 5.26 Å². The number of benzene rings is 1. The van der Waals surface area contributed by atoms with E-state index in [1.807, 2.05) is 31.2 Å². The molecular formula is C11H11NS. The third kappa shape index (κ3) is 3.82. The Balaban J connectivity index is 2.45. The van der Waals surface area contributed by atoms with Gasteiger partial charge < -0.3 is 0 Å². The third-order valence-corrected chi connectivity index (χ3v) is 2.73. The molecule has 0 aromatic heterocycles. The molecule has 66 valence electrons. The topological polar surface area (TPSA) is 23.8 Å². The smallest absolute Gasteiger partial charge is 0.0911 e. The van der Waals surface area contributed by atoms with Crippen molar-refractivity contribution in [2.75, 3.05) is 5.75 Å². The van der Waals surface area contributed by atoms with Crippen molar-refractivity contribution in [2.45, 2.75) is 11.8 Å². The van der Waals surface area contributed by atoms with Crippen molar-refractivity contribution >= 4 is 11.8 Å². The molecule has 0 fully saturated rings. The van der Waals surface area contributed by atoms with Crippen molar-refractivity contribution in [3.63, 3.8) is 0 Å². The normalized spacial score (nSPS) is 10.9. The summed E-state index contributed by atoms with van der Waals surface area (Å²) in [6.45, 7) is 1.97. The second kappa shape index (κ2) is 5.45. The Morgan fingerprint density at radius 2 is 2.15 bits per heavy atom. The van der Waals surface area contributed by atoms with Gasteiger partial charge >= 0.3 is 0 Å². The summed E-state index contributed by atoms with van der Waals surface area (Å²) in [5, 5.41) is 8.40. The number of allylic oxidation sites excluding steroid dienone is 1. The maximum atomic E-state index is 8.40. The molecule has 1 nitrogen and oxygen atoms in total. The summed E-state index contributed by atoms with van der Waals surface area (Å²) in [5.74, 6) is 0.886. The lowest BCUT2D eigenvalue weighted by molar-refractivity contribution is 1.38. The molecule has 0 saturated heterocycles. The molecule has 13 heavy (non-hydrogen) atoms. The molecule has 0 aliphatic rings. The van der Waals surface area contributed by atoms with Crippen LogP contribution in [0.4, 0.5) is 0 Å². The zero-order valence-corrected chi connectivity index (χ0v) is 8.34. The number of hydrogen-bond donors (Lipinski definition) is 0. The fourth-order valence-corrected chi connectivity index (χ4v) is 1.69. The van der Waals surface area contributed by atoms with E-state index in [1.165, 1.54) is 4.90 Å². The molecule has 0 radical (unpaired) electrons. The van der Waals surface area contributed by atoms with Gasteiger partial charge in [0.05, 0.1) is 6.07 Å². The molecule has 0 unspecified atom stereocenters. The number of thioether (sulfide) groups is 1. The molecule has 0 heterocycles. The zero-order valence-electron chi connectivity index (χ0n) is 7.53. The Morgan fingerprint density at radius 1 is 1.46 bits per heavy atom. The van der Waals surface area contributed by atoms with Crippen LogP contribution in [0, 0.1) is 11.3 Å². The highest BCUT2D eigenvalue weighted by atomic mass is 32.2. The summed E-state index contributed by atoms with van der Waals surface area (Å²) in [6, 6.07) is 12.2. The van der Waals surface area contributed by atoms with E-state index in [2.05, 4.69) is 12.1 Å². The third-order valence-electron chi connectivity index (χ3n) is 1.52. The maximum Gasteiger partial charge on any atom is 0.0911 e. The van der Waals surface area contributed by atoms with E-state index in [0.717, 1.165) is 11.3 Å².